The zero-order valence-corrected chi connectivity index (χ0v) is 10.9. The highest BCUT2D eigenvalue weighted by Gasteiger charge is 2.23. The van der Waals surface area contributed by atoms with Gasteiger partial charge in [0.2, 0.25) is 0 Å². The first kappa shape index (κ1) is 13.4. The van der Waals surface area contributed by atoms with Crippen molar-refractivity contribution in [3.8, 4) is 5.75 Å². The molecule has 1 aliphatic rings. The van der Waals surface area contributed by atoms with E-state index in [0.717, 1.165) is 12.1 Å². The van der Waals surface area contributed by atoms with Gasteiger partial charge >= 0.3 is 6.61 Å². The number of ether oxygens (including phenoxy) is 1. The van der Waals surface area contributed by atoms with Gasteiger partial charge in [0.15, 0.2) is 0 Å². The van der Waals surface area contributed by atoms with E-state index in [1.807, 2.05) is 0 Å². The molecule has 0 amide bonds. The maximum atomic E-state index is 12.1. The van der Waals surface area contributed by atoms with E-state index in [0.29, 0.717) is 12.0 Å². The minimum atomic E-state index is -2.85. The van der Waals surface area contributed by atoms with Crippen molar-refractivity contribution in [2.75, 3.05) is 5.32 Å². The zero-order chi connectivity index (χ0) is 13.1. The normalized spacial score (nSPS) is 23.4. The van der Waals surface area contributed by atoms with Gasteiger partial charge in [-0.3, -0.25) is 0 Å². The van der Waals surface area contributed by atoms with E-state index in [2.05, 4.69) is 17.0 Å². The predicted molar refractivity (Wildman–Crippen MR) is 68.5 cm³/mol. The van der Waals surface area contributed by atoms with Crippen LogP contribution in [0.2, 0.25) is 5.02 Å². The summed E-state index contributed by atoms with van der Waals surface area (Å²) in [6, 6.07) is 5.25. The van der Waals surface area contributed by atoms with Crippen molar-refractivity contribution in [3.05, 3.63) is 23.2 Å². The van der Waals surface area contributed by atoms with Gasteiger partial charge in [-0.25, -0.2) is 0 Å². The number of benzene rings is 1. The van der Waals surface area contributed by atoms with Crippen LogP contribution in [0.3, 0.4) is 0 Å². The van der Waals surface area contributed by atoms with Crippen LogP contribution < -0.4 is 10.1 Å². The van der Waals surface area contributed by atoms with Crippen LogP contribution in [0.15, 0.2) is 18.2 Å². The quantitative estimate of drug-likeness (QED) is 0.871. The van der Waals surface area contributed by atoms with Crippen LogP contribution in [0.1, 0.15) is 26.2 Å². The Labute approximate surface area is 110 Å². The van der Waals surface area contributed by atoms with Gasteiger partial charge in [-0.2, -0.15) is 8.78 Å². The third kappa shape index (κ3) is 3.25. The van der Waals surface area contributed by atoms with Gasteiger partial charge in [-0.15, -0.1) is 0 Å². The molecule has 18 heavy (non-hydrogen) atoms. The molecular weight excluding hydrogens is 260 g/mol. The summed E-state index contributed by atoms with van der Waals surface area (Å²) in [7, 11) is 0. The predicted octanol–water partition coefficient (Wildman–Crippen LogP) is 4.54. The summed E-state index contributed by atoms with van der Waals surface area (Å²) >= 11 is 5.90. The molecule has 1 N–H and O–H groups in total. The minimum absolute atomic E-state index is 0.0108. The Morgan fingerprint density at radius 2 is 2.17 bits per heavy atom. The first-order valence-electron chi connectivity index (χ1n) is 6.07. The Balaban J connectivity index is 2.04. The topological polar surface area (TPSA) is 21.3 Å². The number of halogens is 3. The molecule has 1 aliphatic carbocycles. The number of rotatable bonds is 4. The molecule has 1 aromatic carbocycles. The van der Waals surface area contributed by atoms with Crippen LogP contribution in [0.4, 0.5) is 14.5 Å². The first-order chi connectivity index (χ1) is 8.56. The number of hydrogen-bond donors (Lipinski definition) is 1. The standard InChI is InChI=1S/C13H16ClF2NO/c1-8-3-2-4-11(8)17-9-5-6-12(10(14)7-9)18-13(15)16/h5-8,11,13,17H,2-4H2,1H3. The van der Waals surface area contributed by atoms with Gasteiger partial charge in [0.25, 0.3) is 0 Å². The maximum Gasteiger partial charge on any atom is 0.387 e. The minimum Gasteiger partial charge on any atom is -0.433 e. The van der Waals surface area contributed by atoms with Crippen LogP contribution in [0, 0.1) is 5.92 Å². The van der Waals surface area contributed by atoms with Crippen molar-refractivity contribution in [1.82, 2.24) is 0 Å². The summed E-state index contributed by atoms with van der Waals surface area (Å²) in [6.45, 7) is -0.642. The number of alkyl halides is 2. The molecule has 0 spiro atoms. The summed E-state index contributed by atoms with van der Waals surface area (Å²) in [6.07, 6.45) is 3.57. The smallest absolute Gasteiger partial charge is 0.387 e. The Kier molecular flexibility index (Phi) is 4.27. The molecule has 5 heteroatoms. The lowest BCUT2D eigenvalue weighted by Crippen LogP contribution is -2.21. The molecule has 0 heterocycles. The van der Waals surface area contributed by atoms with E-state index in [1.54, 1.807) is 12.1 Å². The summed E-state index contributed by atoms with van der Waals surface area (Å²) in [4.78, 5) is 0. The fourth-order valence-electron chi connectivity index (χ4n) is 2.36. The third-order valence-corrected chi connectivity index (χ3v) is 3.66. The van der Waals surface area contributed by atoms with Crippen molar-refractivity contribution in [2.45, 2.75) is 38.8 Å². The molecule has 2 unspecified atom stereocenters. The van der Waals surface area contributed by atoms with Gasteiger partial charge in [0, 0.05) is 11.7 Å². The monoisotopic (exact) mass is 275 g/mol. The van der Waals surface area contributed by atoms with Crippen LogP contribution >= 0.6 is 11.6 Å². The van der Waals surface area contributed by atoms with Crippen molar-refractivity contribution in [1.29, 1.82) is 0 Å². The molecule has 2 atom stereocenters. The van der Waals surface area contributed by atoms with E-state index in [4.69, 9.17) is 11.6 Å². The molecule has 2 nitrogen and oxygen atoms in total. The molecule has 0 aromatic heterocycles. The van der Waals surface area contributed by atoms with E-state index in [9.17, 15) is 8.78 Å². The van der Waals surface area contributed by atoms with Crippen molar-refractivity contribution in [3.63, 3.8) is 0 Å². The van der Waals surface area contributed by atoms with Crippen LogP contribution in [0.25, 0.3) is 0 Å². The average molecular weight is 276 g/mol. The SMILES string of the molecule is CC1CCCC1Nc1ccc(OC(F)F)c(Cl)c1. The maximum absolute atomic E-state index is 12.1. The Hall–Kier alpha value is -1.03. The van der Waals surface area contributed by atoms with Crippen LogP contribution in [-0.4, -0.2) is 12.7 Å². The van der Waals surface area contributed by atoms with Crippen molar-refractivity contribution >= 4 is 17.3 Å². The molecule has 1 saturated carbocycles. The molecule has 100 valence electrons. The average Bonchev–Trinajstić information content (AvgIpc) is 2.68. The van der Waals surface area contributed by atoms with Gasteiger partial charge < -0.3 is 10.1 Å². The molecular formula is C13H16ClF2NO. The highest BCUT2D eigenvalue weighted by molar-refractivity contribution is 6.32. The van der Waals surface area contributed by atoms with E-state index >= 15 is 0 Å². The molecule has 0 bridgehead atoms. The second kappa shape index (κ2) is 5.74. The second-order valence-electron chi connectivity index (χ2n) is 4.68. The van der Waals surface area contributed by atoms with E-state index in [-0.39, 0.29) is 10.8 Å². The fraction of sp³-hybridized carbons (Fsp3) is 0.538. The molecule has 0 radical (unpaired) electrons. The van der Waals surface area contributed by atoms with Gasteiger partial charge in [-0.1, -0.05) is 24.9 Å². The zero-order valence-electron chi connectivity index (χ0n) is 10.1. The number of hydrogen-bond acceptors (Lipinski definition) is 2. The van der Waals surface area contributed by atoms with Crippen LogP contribution in [0.5, 0.6) is 5.75 Å². The van der Waals surface area contributed by atoms with Gasteiger partial charge in [0.1, 0.15) is 5.75 Å². The number of anilines is 1. The van der Waals surface area contributed by atoms with Crippen LogP contribution in [-0.2, 0) is 0 Å². The molecule has 1 fully saturated rings. The Morgan fingerprint density at radius 3 is 2.72 bits per heavy atom. The fourth-order valence-corrected chi connectivity index (χ4v) is 2.58. The second-order valence-corrected chi connectivity index (χ2v) is 5.09. The molecule has 0 aliphatic heterocycles. The lowest BCUT2D eigenvalue weighted by atomic mass is 10.1. The van der Waals surface area contributed by atoms with Crippen molar-refractivity contribution in [2.24, 2.45) is 5.92 Å². The lowest BCUT2D eigenvalue weighted by molar-refractivity contribution is -0.0497. The molecule has 1 aromatic rings. The third-order valence-electron chi connectivity index (χ3n) is 3.36. The summed E-state index contributed by atoms with van der Waals surface area (Å²) in [5, 5.41) is 3.58. The Morgan fingerprint density at radius 1 is 1.39 bits per heavy atom. The highest BCUT2D eigenvalue weighted by atomic mass is 35.5. The van der Waals surface area contributed by atoms with Crippen molar-refractivity contribution < 1.29 is 13.5 Å². The lowest BCUT2D eigenvalue weighted by Gasteiger charge is -2.19. The van der Waals surface area contributed by atoms with E-state index < -0.39 is 6.61 Å². The van der Waals surface area contributed by atoms with E-state index in [1.165, 1.54) is 18.9 Å². The molecule has 0 saturated heterocycles. The Bertz CT molecular complexity index is 414. The summed E-state index contributed by atoms with van der Waals surface area (Å²) in [5.74, 6) is 0.637. The number of nitrogens with one attached hydrogen (secondary N) is 1. The van der Waals surface area contributed by atoms with Gasteiger partial charge in [-0.05, 0) is 37.0 Å². The largest absolute Gasteiger partial charge is 0.433 e. The summed E-state index contributed by atoms with van der Waals surface area (Å²) in [5.41, 5.74) is 0.848. The highest BCUT2D eigenvalue weighted by Crippen LogP contribution is 2.32. The van der Waals surface area contributed by atoms with Gasteiger partial charge in [0.05, 0.1) is 5.02 Å². The molecule has 2 rings (SSSR count). The first-order valence-corrected chi connectivity index (χ1v) is 6.45. The summed E-state index contributed by atoms with van der Waals surface area (Å²) < 4.78 is 28.5.